The number of methoxy groups -OCH3 is 1. The molecule has 2 fully saturated rings. The van der Waals surface area contributed by atoms with E-state index in [4.69, 9.17) is 13.9 Å². The highest BCUT2D eigenvalue weighted by Crippen LogP contribution is 2.38. The van der Waals surface area contributed by atoms with E-state index < -0.39 is 0 Å². The number of ether oxygens (including phenoxy) is 2. The molecule has 2 saturated heterocycles. The van der Waals surface area contributed by atoms with Gasteiger partial charge < -0.3 is 24.1 Å². The molecule has 1 aromatic heterocycles. The molecule has 10 heteroatoms. The Labute approximate surface area is 230 Å². The summed E-state index contributed by atoms with van der Waals surface area (Å²) >= 11 is 0. The zero-order valence-corrected chi connectivity index (χ0v) is 23.0. The molecule has 1 atom stereocenters. The molecule has 1 spiro atoms. The first kappa shape index (κ1) is 27.6. The third-order valence-electron chi connectivity index (χ3n) is 8.48. The number of fused-ring (bicyclic) bond motifs is 1. The zero-order valence-electron chi connectivity index (χ0n) is 23.0. The molecule has 3 aliphatic heterocycles. The highest BCUT2D eigenvalue weighted by atomic mass is 16.5. The second-order valence-corrected chi connectivity index (χ2v) is 11.0. The minimum Gasteiger partial charge on any atom is -0.491 e. The number of nitrogens with one attached hydrogen (secondary N) is 1. The van der Waals surface area contributed by atoms with E-state index >= 15 is 0 Å². The number of piperidine rings is 2. The Balaban J connectivity index is 1.18. The predicted octanol–water partition coefficient (Wildman–Crippen LogP) is 3.27. The number of likely N-dealkylation sites (tertiary alicyclic amines) is 2. The zero-order chi connectivity index (χ0) is 27.1. The van der Waals surface area contributed by atoms with E-state index in [2.05, 4.69) is 32.5 Å². The van der Waals surface area contributed by atoms with Crippen LogP contribution in [0.5, 0.6) is 5.75 Å². The average molecular weight is 540 g/mol. The van der Waals surface area contributed by atoms with Gasteiger partial charge in [-0.2, -0.15) is 0 Å². The van der Waals surface area contributed by atoms with Crippen LogP contribution >= 0.6 is 0 Å². The highest BCUT2D eigenvalue weighted by molar-refractivity contribution is 5.83. The van der Waals surface area contributed by atoms with E-state index in [0.717, 1.165) is 76.6 Å². The van der Waals surface area contributed by atoms with Crippen LogP contribution in [0.3, 0.4) is 0 Å². The largest absolute Gasteiger partial charge is 0.491 e. The Morgan fingerprint density at radius 3 is 2.79 bits per heavy atom. The van der Waals surface area contributed by atoms with Crippen LogP contribution in [0.4, 0.5) is 0 Å². The number of rotatable bonds is 5. The maximum Gasteiger partial charge on any atom is 0.242 e. The van der Waals surface area contributed by atoms with Crippen LogP contribution in [0.2, 0.25) is 0 Å². The Kier molecular flexibility index (Phi) is 9.13. The van der Waals surface area contributed by atoms with Crippen molar-refractivity contribution in [3.8, 4) is 5.75 Å². The molecule has 0 aliphatic carbocycles. The van der Waals surface area contributed by atoms with E-state index in [0.29, 0.717) is 38.0 Å². The summed E-state index contributed by atoms with van der Waals surface area (Å²) in [5, 5.41) is 11.4. The van der Waals surface area contributed by atoms with Crippen LogP contribution in [0.15, 0.2) is 28.7 Å². The van der Waals surface area contributed by atoms with Gasteiger partial charge in [-0.1, -0.05) is 24.6 Å². The number of aromatic nitrogens is 2. The number of amides is 2. The molecule has 4 heterocycles. The van der Waals surface area contributed by atoms with Crippen molar-refractivity contribution in [1.29, 1.82) is 0 Å². The SMILES string of the molecule is COCc1nnc(C2CCCCN2C(=O)CN2CCC3(CCCCc4ccccc4OCCNC3=O)CC2)o1. The summed E-state index contributed by atoms with van der Waals surface area (Å²) in [6.07, 6.45) is 8.18. The Bertz CT molecular complexity index is 1110. The monoisotopic (exact) mass is 539 g/mol. The number of hydrogen-bond donors (Lipinski definition) is 1. The van der Waals surface area contributed by atoms with Crippen LogP contribution < -0.4 is 10.1 Å². The summed E-state index contributed by atoms with van der Waals surface area (Å²) in [5.74, 6) is 2.05. The van der Waals surface area contributed by atoms with E-state index in [-0.39, 0.29) is 29.9 Å². The average Bonchev–Trinajstić information content (AvgIpc) is 3.43. The first-order valence-corrected chi connectivity index (χ1v) is 14.4. The van der Waals surface area contributed by atoms with E-state index in [1.807, 2.05) is 17.0 Å². The molecule has 0 bridgehead atoms. The van der Waals surface area contributed by atoms with Gasteiger partial charge in [0.05, 0.1) is 18.5 Å². The summed E-state index contributed by atoms with van der Waals surface area (Å²) in [7, 11) is 1.59. The van der Waals surface area contributed by atoms with Crippen LogP contribution in [0, 0.1) is 5.41 Å². The normalized spacial score (nSPS) is 22.7. The van der Waals surface area contributed by atoms with Crippen molar-refractivity contribution >= 4 is 11.8 Å². The van der Waals surface area contributed by atoms with Crippen LogP contribution in [0.1, 0.15) is 74.8 Å². The molecule has 0 radical (unpaired) electrons. The van der Waals surface area contributed by atoms with Gasteiger partial charge in [0, 0.05) is 13.7 Å². The lowest BCUT2D eigenvalue weighted by Crippen LogP contribution is -2.52. The molecular formula is C29H41N5O5. The molecular weight excluding hydrogens is 498 g/mol. The molecule has 212 valence electrons. The van der Waals surface area contributed by atoms with Crippen molar-refractivity contribution in [2.45, 2.75) is 70.4 Å². The quantitative estimate of drug-likeness (QED) is 0.617. The topological polar surface area (TPSA) is 110 Å². The predicted molar refractivity (Wildman–Crippen MR) is 144 cm³/mol. The second-order valence-electron chi connectivity index (χ2n) is 11.0. The summed E-state index contributed by atoms with van der Waals surface area (Å²) in [6.45, 7) is 3.72. The van der Waals surface area contributed by atoms with Crippen molar-refractivity contribution in [2.24, 2.45) is 5.41 Å². The molecule has 1 aromatic carbocycles. The summed E-state index contributed by atoms with van der Waals surface area (Å²) in [4.78, 5) is 30.9. The van der Waals surface area contributed by atoms with Gasteiger partial charge in [0.15, 0.2) is 0 Å². The lowest BCUT2D eigenvalue weighted by molar-refractivity contribution is -0.139. The maximum absolute atomic E-state index is 13.4. The highest BCUT2D eigenvalue weighted by Gasteiger charge is 2.41. The Morgan fingerprint density at radius 1 is 1.10 bits per heavy atom. The number of benzene rings is 1. The summed E-state index contributed by atoms with van der Waals surface area (Å²) < 4.78 is 16.9. The lowest BCUT2D eigenvalue weighted by atomic mass is 9.73. The first-order chi connectivity index (χ1) is 19.1. The number of para-hydroxylation sites is 1. The molecule has 2 amide bonds. The number of hydrogen-bond acceptors (Lipinski definition) is 8. The molecule has 3 aliphatic rings. The molecule has 39 heavy (non-hydrogen) atoms. The minimum atomic E-state index is -0.382. The van der Waals surface area contributed by atoms with Crippen LogP contribution in [-0.2, 0) is 27.4 Å². The number of nitrogens with zero attached hydrogens (tertiary/aromatic N) is 4. The van der Waals surface area contributed by atoms with Crippen molar-refractivity contribution in [1.82, 2.24) is 25.3 Å². The second kappa shape index (κ2) is 12.9. The van der Waals surface area contributed by atoms with Gasteiger partial charge in [-0.3, -0.25) is 14.5 Å². The van der Waals surface area contributed by atoms with Gasteiger partial charge >= 0.3 is 0 Å². The third kappa shape index (κ3) is 6.61. The maximum atomic E-state index is 13.4. The van der Waals surface area contributed by atoms with Gasteiger partial charge in [0.1, 0.15) is 25.0 Å². The Morgan fingerprint density at radius 2 is 1.95 bits per heavy atom. The van der Waals surface area contributed by atoms with Gasteiger partial charge in [-0.15, -0.1) is 10.2 Å². The Hall–Kier alpha value is -2.98. The van der Waals surface area contributed by atoms with Gasteiger partial charge in [-0.05, 0) is 76.1 Å². The fourth-order valence-electron chi connectivity index (χ4n) is 6.22. The molecule has 1 unspecified atom stereocenters. The molecule has 2 aromatic rings. The van der Waals surface area contributed by atoms with Crippen LogP contribution in [-0.4, -0.2) is 78.3 Å². The number of carbonyl (C=O) groups is 2. The molecule has 10 nitrogen and oxygen atoms in total. The van der Waals surface area contributed by atoms with Crippen molar-refractivity contribution < 1.29 is 23.5 Å². The number of aryl methyl sites for hydroxylation is 1. The fraction of sp³-hybridized carbons (Fsp3) is 0.655. The van der Waals surface area contributed by atoms with Gasteiger partial charge in [0.25, 0.3) is 0 Å². The fourth-order valence-corrected chi connectivity index (χ4v) is 6.22. The summed E-state index contributed by atoms with van der Waals surface area (Å²) in [6, 6.07) is 8.00. The van der Waals surface area contributed by atoms with E-state index in [9.17, 15) is 9.59 Å². The molecule has 1 N–H and O–H groups in total. The smallest absolute Gasteiger partial charge is 0.242 e. The minimum absolute atomic E-state index is 0.0844. The van der Waals surface area contributed by atoms with Crippen LogP contribution in [0.25, 0.3) is 0 Å². The number of carbonyl (C=O) groups excluding carboxylic acids is 2. The standard InChI is InChI=1S/C29H41N5O5/c1-37-21-25-31-32-27(39-25)23-10-5-7-16-34(23)26(35)20-33-17-13-29(14-18-33)12-6-4-9-22-8-2-3-11-24(22)38-19-15-30-28(29)36/h2-3,8,11,23H,4-7,9-10,12-21H2,1H3,(H,30,36). The first-order valence-electron chi connectivity index (χ1n) is 14.4. The van der Waals surface area contributed by atoms with Crippen molar-refractivity contribution in [2.75, 3.05) is 46.4 Å². The van der Waals surface area contributed by atoms with E-state index in [1.54, 1.807) is 7.11 Å². The van der Waals surface area contributed by atoms with Crippen molar-refractivity contribution in [3.63, 3.8) is 0 Å². The van der Waals surface area contributed by atoms with Gasteiger partial charge in [-0.25, -0.2) is 0 Å². The van der Waals surface area contributed by atoms with E-state index in [1.165, 1.54) is 5.56 Å². The lowest BCUT2D eigenvalue weighted by Gasteiger charge is -2.42. The summed E-state index contributed by atoms with van der Waals surface area (Å²) in [5.41, 5.74) is 0.853. The van der Waals surface area contributed by atoms with Crippen molar-refractivity contribution in [3.05, 3.63) is 41.6 Å². The molecule has 5 rings (SSSR count). The molecule has 0 saturated carbocycles. The third-order valence-corrected chi connectivity index (χ3v) is 8.48. The van der Waals surface area contributed by atoms with Gasteiger partial charge in [0.2, 0.25) is 23.6 Å².